The van der Waals surface area contributed by atoms with Crippen LogP contribution in [0.3, 0.4) is 0 Å². The van der Waals surface area contributed by atoms with E-state index in [0.29, 0.717) is 6.42 Å². The minimum Gasteiger partial charge on any atom is -0.508 e. The zero-order valence-corrected chi connectivity index (χ0v) is 33.4. The summed E-state index contributed by atoms with van der Waals surface area (Å²) in [4.78, 5) is 60.9. The number of allylic oxidation sites excluding steroid dienone is 1. The van der Waals surface area contributed by atoms with Crippen LogP contribution in [-0.4, -0.2) is 100 Å². The number of aliphatic hydroxyl groups is 1. The highest BCUT2D eigenvalue weighted by Gasteiger charge is 2.78. The molecule has 14 nitrogen and oxygen atoms in total. The van der Waals surface area contributed by atoms with Crippen molar-refractivity contribution in [1.82, 2.24) is 15.7 Å². The van der Waals surface area contributed by atoms with Gasteiger partial charge in [0.25, 0.3) is 0 Å². The van der Waals surface area contributed by atoms with Crippen LogP contribution in [0.5, 0.6) is 5.75 Å². The maximum atomic E-state index is 14.7. The Morgan fingerprint density at radius 3 is 2.36 bits per heavy atom. The summed E-state index contributed by atoms with van der Waals surface area (Å²) in [6.07, 6.45) is 5.83. The van der Waals surface area contributed by atoms with Crippen molar-refractivity contribution in [2.75, 3.05) is 13.2 Å². The van der Waals surface area contributed by atoms with Gasteiger partial charge in [0.15, 0.2) is 11.8 Å². The summed E-state index contributed by atoms with van der Waals surface area (Å²) in [5.74, 6) is -1.95. The zero-order valence-electron chi connectivity index (χ0n) is 33.4. The Balaban J connectivity index is 1.00. The van der Waals surface area contributed by atoms with Crippen molar-refractivity contribution in [3.8, 4) is 5.75 Å². The number of amides is 2. The number of phenols is 1. The van der Waals surface area contributed by atoms with Crippen LogP contribution in [0, 0.1) is 17.3 Å². The molecule has 312 valence electrons. The number of nitrogens with one attached hydrogen (secondary N) is 2. The smallest absolute Gasteiger partial charge is 0.327 e. The molecule has 0 unspecified atom stereocenters. The Bertz CT molecular complexity index is 1910. The molecular formula is C44H55N3O11. The second-order valence-electron chi connectivity index (χ2n) is 17.7. The normalized spacial score (nSPS) is 29.1. The van der Waals surface area contributed by atoms with Gasteiger partial charge in [0.05, 0.1) is 19.2 Å². The molecule has 2 aromatic carbocycles. The van der Waals surface area contributed by atoms with Crippen molar-refractivity contribution >= 4 is 29.8 Å². The molecule has 3 saturated heterocycles. The fraction of sp³-hybridized carbons (Fsp3) is 0.591. The van der Waals surface area contributed by atoms with Crippen LogP contribution in [0.2, 0.25) is 0 Å². The van der Waals surface area contributed by atoms with Gasteiger partial charge in [-0.3, -0.25) is 24.0 Å². The third-order valence-electron chi connectivity index (χ3n) is 12.3. The standard InChI is InChI=1S/C44H55N3O11/c1-42(2,3)55-35(51)20-19-31(25-48)46-34(50)21-22-45-41(53)43-23-33-36-37(57-44(56-36,29-15-16-29)30-17-18-30)39(43)58-47(38(43)40(52)54-33)24-28-11-5-4-9-26(28)12-8-13-27-10-6-7-14-32(27)49/h4-12,14,29-31,33,36-39,48-49H,13,15-25H2,1-3H3,(H,45,53)(H,46,50)/t31-,33+,36-,37-,38-,39+,43-/m0/s1. The Morgan fingerprint density at radius 1 is 0.983 bits per heavy atom. The van der Waals surface area contributed by atoms with Crippen molar-refractivity contribution in [1.29, 1.82) is 0 Å². The van der Waals surface area contributed by atoms with E-state index in [2.05, 4.69) is 10.6 Å². The van der Waals surface area contributed by atoms with Gasteiger partial charge < -0.3 is 39.8 Å². The van der Waals surface area contributed by atoms with Gasteiger partial charge in [-0.05, 0) is 82.1 Å². The molecule has 4 N–H and O–H groups in total. The van der Waals surface area contributed by atoms with E-state index < -0.39 is 77.1 Å². The first-order valence-corrected chi connectivity index (χ1v) is 20.7. The average molecular weight is 802 g/mol. The lowest BCUT2D eigenvalue weighted by molar-refractivity contribution is -0.235. The number of hydrogen-bond donors (Lipinski definition) is 4. The fourth-order valence-electron chi connectivity index (χ4n) is 9.32. The predicted octanol–water partition coefficient (Wildman–Crippen LogP) is 3.85. The molecule has 2 aromatic rings. The first-order chi connectivity index (χ1) is 27.8. The largest absolute Gasteiger partial charge is 0.508 e. The number of carbonyl (C=O) groups excluding carboxylic acids is 4. The summed E-state index contributed by atoms with van der Waals surface area (Å²) in [7, 11) is 0. The summed E-state index contributed by atoms with van der Waals surface area (Å²) >= 11 is 0. The number of esters is 2. The average Bonchev–Trinajstić information content (AvgIpc) is 4.13. The Labute approximate surface area is 338 Å². The SMILES string of the molecule is CC(C)(C)OC(=O)CC[C@@H](CO)NC(=O)CCNC(=O)[C@@]12C[C@H]3OC(=O)[C@@H]1N(Cc1ccccc1C=CCc1ccccc1O)O[C@@H]2[C@H]1OC(C2CC2)(C2CC2)O[C@H]13. The summed E-state index contributed by atoms with van der Waals surface area (Å²) in [5.41, 5.74) is 0.484. The van der Waals surface area contributed by atoms with E-state index in [1.807, 2.05) is 48.6 Å². The molecule has 7 atom stereocenters. The van der Waals surface area contributed by atoms with Crippen LogP contribution in [-0.2, 0) is 55.9 Å². The molecule has 2 bridgehead atoms. The third kappa shape index (κ3) is 8.01. The quantitative estimate of drug-likeness (QED) is 0.180. The van der Waals surface area contributed by atoms with Crippen LogP contribution in [0.1, 0.15) is 88.8 Å². The number of phenolic OH excluding ortho intramolecular Hbond substituents is 1. The van der Waals surface area contributed by atoms with Crippen LogP contribution >= 0.6 is 0 Å². The monoisotopic (exact) mass is 801 g/mol. The highest BCUT2D eigenvalue weighted by Crippen LogP contribution is 2.63. The van der Waals surface area contributed by atoms with Crippen LogP contribution < -0.4 is 10.6 Å². The Morgan fingerprint density at radius 2 is 1.67 bits per heavy atom. The molecule has 0 aromatic heterocycles. The molecule has 6 aliphatic rings. The Kier molecular flexibility index (Phi) is 11.2. The molecule has 0 spiro atoms. The van der Waals surface area contributed by atoms with Crippen molar-refractivity contribution in [3.63, 3.8) is 0 Å². The molecule has 8 rings (SSSR count). The maximum absolute atomic E-state index is 14.7. The predicted molar refractivity (Wildman–Crippen MR) is 208 cm³/mol. The van der Waals surface area contributed by atoms with E-state index in [1.165, 1.54) is 0 Å². The van der Waals surface area contributed by atoms with Gasteiger partial charge in [-0.25, -0.2) is 0 Å². The van der Waals surface area contributed by atoms with E-state index >= 15 is 0 Å². The third-order valence-corrected chi connectivity index (χ3v) is 12.3. The van der Waals surface area contributed by atoms with E-state index in [9.17, 15) is 29.4 Å². The van der Waals surface area contributed by atoms with Gasteiger partial charge in [-0.2, -0.15) is 5.06 Å². The zero-order chi connectivity index (χ0) is 40.8. The molecule has 3 saturated carbocycles. The highest BCUT2D eigenvalue weighted by atomic mass is 16.8. The number of ether oxygens (including phenoxy) is 4. The van der Waals surface area contributed by atoms with Gasteiger partial charge >= 0.3 is 11.9 Å². The number of aliphatic hydroxyl groups excluding tert-OH is 1. The number of nitrogens with zero attached hydrogens (tertiary/aromatic N) is 1. The number of para-hydroxylation sites is 1. The van der Waals surface area contributed by atoms with E-state index in [0.717, 1.165) is 42.4 Å². The number of aromatic hydroxyl groups is 1. The molecule has 3 aliphatic carbocycles. The van der Waals surface area contributed by atoms with Crippen molar-refractivity contribution in [2.24, 2.45) is 17.3 Å². The van der Waals surface area contributed by atoms with Gasteiger partial charge in [0.1, 0.15) is 41.2 Å². The first-order valence-electron chi connectivity index (χ1n) is 20.7. The lowest BCUT2D eigenvalue weighted by Gasteiger charge is -2.48. The molecule has 14 heteroatoms. The summed E-state index contributed by atoms with van der Waals surface area (Å²) in [6, 6.07) is 13.2. The summed E-state index contributed by atoms with van der Waals surface area (Å²) < 4.78 is 25.3. The van der Waals surface area contributed by atoms with Crippen LogP contribution in [0.25, 0.3) is 6.08 Å². The number of carbonyl (C=O) groups is 4. The van der Waals surface area contributed by atoms with E-state index in [4.69, 9.17) is 23.8 Å². The van der Waals surface area contributed by atoms with Crippen molar-refractivity contribution < 1.29 is 53.2 Å². The molecule has 3 heterocycles. The molecule has 0 radical (unpaired) electrons. The summed E-state index contributed by atoms with van der Waals surface area (Å²) in [5, 5.41) is 27.4. The van der Waals surface area contributed by atoms with Crippen LogP contribution in [0.4, 0.5) is 0 Å². The fourth-order valence-corrected chi connectivity index (χ4v) is 9.32. The minimum absolute atomic E-state index is 0.0221. The summed E-state index contributed by atoms with van der Waals surface area (Å²) in [6.45, 7) is 5.06. The molecule has 6 fully saturated rings. The van der Waals surface area contributed by atoms with E-state index in [-0.39, 0.29) is 63.0 Å². The maximum Gasteiger partial charge on any atom is 0.327 e. The van der Waals surface area contributed by atoms with Gasteiger partial charge in [-0.1, -0.05) is 54.6 Å². The van der Waals surface area contributed by atoms with Gasteiger partial charge in [-0.15, -0.1) is 0 Å². The van der Waals surface area contributed by atoms with Crippen molar-refractivity contribution in [2.45, 2.75) is 133 Å². The number of fused-ring (bicyclic) bond motifs is 4. The second-order valence-corrected chi connectivity index (χ2v) is 17.7. The number of hydrogen-bond acceptors (Lipinski definition) is 12. The lowest BCUT2D eigenvalue weighted by atomic mass is 9.62. The molecule has 3 aliphatic heterocycles. The van der Waals surface area contributed by atoms with Gasteiger partial charge in [0.2, 0.25) is 11.8 Å². The minimum atomic E-state index is -1.40. The highest BCUT2D eigenvalue weighted by molar-refractivity contribution is 5.94. The van der Waals surface area contributed by atoms with E-state index in [1.54, 1.807) is 38.0 Å². The number of benzene rings is 2. The van der Waals surface area contributed by atoms with Crippen molar-refractivity contribution in [3.05, 3.63) is 71.3 Å². The lowest BCUT2D eigenvalue weighted by Crippen LogP contribution is -2.69. The molecular weight excluding hydrogens is 746 g/mol. The molecule has 2 amide bonds. The topological polar surface area (TPSA) is 182 Å². The van der Waals surface area contributed by atoms with Gasteiger partial charge in [0, 0.05) is 37.6 Å². The second kappa shape index (κ2) is 16.0. The first kappa shape index (κ1) is 40.4. The Hall–Kier alpha value is -4.34. The number of hydroxylamine groups is 2. The molecule has 58 heavy (non-hydrogen) atoms. The van der Waals surface area contributed by atoms with Crippen LogP contribution in [0.15, 0.2) is 54.6 Å². The number of rotatable bonds is 16.